The van der Waals surface area contributed by atoms with Crippen LogP contribution in [0.25, 0.3) is 0 Å². The molecule has 1 aliphatic heterocycles. The van der Waals surface area contributed by atoms with E-state index in [2.05, 4.69) is 5.10 Å². The first-order valence-electron chi connectivity index (χ1n) is 9.27. The van der Waals surface area contributed by atoms with Crippen LogP contribution in [0.5, 0.6) is 5.88 Å². The molecule has 0 fully saturated rings. The molecule has 0 spiro atoms. The molecular weight excluding hydrogens is 340 g/mol. The molecule has 4 rings (SSSR count). The highest BCUT2D eigenvalue weighted by Crippen LogP contribution is 2.21. The maximum absolute atomic E-state index is 13.0. The van der Waals surface area contributed by atoms with Gasteiger partial charge in [0.1, 0.15) is 12.3 Å². The fraction of sp³-hybridized carbons (Fsp3) is 0.333. The van der Waals surface area contributed by atoms with E-state index < -0.39 is 0 Å². The first-order valence-corrected chi connectivity index (χ1v) is 9.27. The molecule has 0 saturated heterocycles. The summed E-state index contributed by atoms with van der Waals surface area (Å²) in [6.07, 6.45) is 0.877. The second-order valence-electron chi connectivity index (χ2n) is 6.97. The minimum Gasteiger partial charge on any atom is -0.472 e. The Labute approximate surface area is 159 Å². The van der Waals surface area contributed by atoms with E-state index in [0.717, 1.165) is 42.2 Å². The Bertz CT molecular complexity index is 943. The number of rotatable bonds is 4. The monoisotopic (exact) mass is 364 g/mol. The number of aromatic nitrogens is 3. The van der Waals surface area contributed by atoms with E-state index in [1.165, 1.54) is 0 Å². The lowest BCUT2D eigenvalue weighted by Gasteiger charge is -2.20. The van der Waals surface area contributed by atoms with Crippen molar-refractivity contribution in [3.63, 3.8) is 0 Å². The summed E-state index contributed by atoms with van der Waals surface area (Å²) in [5, 5.41) is 4.57. The van der Waals surface area contributed by atoms with Gasteiger partial charge in [-0.1, -0.05) is 30.3 Å². The van der Waals surface area contributed by atoms with E-state index in [4.69, 9.17) is 4.74 Å². The van der Waals surface area contributed by atoms with Gasteiger partial charge >= 0.3 is 0 Å². The molecule has 1 amide bonds. The summed E-state index contributed by atoms with van der Waals surface area (Å²) >= 11 is 0. The van der Waals surface area contributed by atoms with E-state index in [1.807, 2.05) is 76.7 Å². The number of carbonyl (C=O) groups excluding carboxylic acids is 1. The highest BCUT2D eigenvalue weighted by molar-refractivity contribution is 5.93. The van der Waals surface area contributed by atoms with Gasteiger partial charge in [0.2, 0.25) is 5.88 Å². The Morgan fingerprint density at radius 1 is 1.15 bits per heavy atom. The van der Waals surface area contributed by atoms with E-state index in [1.54, 1.807) is 0 Å². The van der Waals surface area contributed by atoms with E-state index >= 15 is 0 Å². The van der Waals surface area contributed by atoms with Gasteiger partial charge in [0.05, 0.1) is 12.2 Å². The maximum atomic E-state index is 13.0. The van der Waals surface area contributed by atoms with Gasteiger partial charge in [-0.05, 0) is 31.0 Å². The number of hydrogen-bond donors (Lipinski definition) is 0. The molecule has 1 aromatic carbocycles. The average Bonchev–Trinajstić information content (AvgIpc) is 3.16. The molecule has 3 heterocycles. The molecule has 0 aliphatic carbocycles. The van der Waals surface area contributed by atoms with Crippen molar-refractivity contribution < 1.29 is 9.53 Å². The summed E-state index contributed by atoms with van der Waals surface area (Å²) in [5.41, 5.74) is 3.92. The number of benzene rings is 1. The lowest BCUT2D eigenvalue weighted by Crippen LogP contribution is -2.32. The Morgan fingerprint density at radius 2 is 1.96 bits per heavy atom. The van der Waals surface area contributed by atoms with Gasteiger partial charge in [-0.2, -0.15) is 0 Å². The summed E-state index contributed by atoms with van der Waals surface area (Å²) in [7, 11) is 1.93. The van der Waals surface area contributed by atoms with Crippen molar-refractivity contribution in [1.82, 2.24) is 19.2 Å². The molecule has 0 N–H and O–H groups in total. The minimum absolute atomic E-state index is 0.0620. The number of aryl methyl sites for hydroxylation is 2. The van der Waals surface area contributed by atoms with Gasteiger partial charge in [-0.25, -0.2) is 0 Å². The van der Waals surface area contributed by atoms with Gasteiger partial charge in [0, 0.05) is 31.9 Å². The molecule has 27 heavy (non-hydrogen) atoms. The molecule has 0 bridgehead atoms. The van der Waals surface area contributed by atoms with Crippen LogP contribution >= 0.6 is 0 Å². The van der Waals surface area contributed by atoms with Gasteiger partial charge in [0.25, 0.3) is 5.91 Å². The smallest absolute Gasteiger partial charge is 0.270 e. The van der Waals surface area contributed by atoms with E-state index in [0.29, 0.717) is 19.0 Å². The van der Waals surface area contributed by atoms with E-state index in [-0.39, 0.29) is 5.91 Å². The molecule has 3 aromatic rings. The fourth-order valence-corrected chi connectivity index (χ4v) is 3.40. The summed E-state index contributed by atoms with van der Waals surface area (Å²) in [6.45, 7) is 4.56. The van der Waals surface area contributed by atoms with E-state index in [9.17, 15) is 4.79 Å². The third kappa shape index (κ3) is 3.60. The molecule has 0 unspecified atom stereocenters. The topological polar surface area (TPSA) is 52.3 Å². The Morgan fingerprint density at radius 3 is 2.70 bits per heavy atom. The van der Waals surface area contributed by atoms with Crippen LogP contribution in [0.1, 0.15) is 33.9 Å². The highest BCUT2D eigenvalue weighted by atomic mass is 16.5. The lowest BCUT2D eigenvalue weighted by atomic mass is 10.2. The Balaban J connectivity index is 1.48. The molecule has 0 radical (unpaired) electrons. The average molecular weight is 364 g/mol. The van der Waals surface area contributed by atoms with Crippen molar-refractivity contribution in [2.75, 3.05) is 6.54 Å². The van der Waals surface area contributed by atoms with Crippen molar-refractivity contribution in [2.45, 2.75) is 33.0 Å². The van der Waals surface area contributed by atoms with Gasteiger partial charge in [0.15, 0.2) is 0 Å². The maximum Gasteiger partial charge on any atom is 0.270 e. The van der Waals surface area contributed by atoms with Crippen molar-refractivity contribution in [3.05, 3.63) is 71.2 Å². The number of carbonyl (C=O) groups is 1. The van der Waals surface area contributed by atoms with Crippen LogP contribution in [0.3, 0.4) is 0 Å². The van der Waals surface area contributed by atoms with Crippen LogP contribution in [-0.4, -0.2) is 31.7 Å². The number of fused-ring (bicyclic) bond motifs is 1. The number of hydrogen-bond acceptors (Lipinski definition) is 3. The zero-order valence-electron chi connectivity index (χ0n) is 15.8. The van der Waals surface area contributed by atoms with Gasteiger partial charge in [-0.3, -0.25) is 9.48 Å². The quantitative estimate of drug-likeness (QED) is 0.715. The summed E-state index contributed by atoms with van der Waals surface area (Å²) in [6, 6.07) is 15.9. The first-order chi connectivity index (χ1) is 13.1. The van der Waals surface area contributed by atoms with Crippen LogP contribution < -0.4 is 4.74 Å². The second kappa shape index (κ2) is 7.31. The zero-order chi connectivity index (χ0) is 18.8. The largest absolute Gasteiger partial charge is 0.472 e. The summed E-state index contributed by atoms with van der Waals surface area (Å²) in [4.78, 5) is 14.9. The highest BCUT2D eigenvalue weighted by Gasteiger charge is 2.23. The van der Waals surface area contributed by atoms with Crippen molar-refractivity contribution >= 4 is 5.91 Å². The van der Waals surface area contributed by atoms with Crippen LogP contribution in [0.4, 0.5) is 0 Å². The number of ether oxygens (including phenoxy) is 1. The minimum atomic E-state index is 0.0620. The van der Waals surface area contributed by atoms with Crippen molar-refractivity contribution in [3.8, 4) is 5.88 Å². The molecule has 1 aliphatic rings. The van der Waals surface area contributed by atoms with Crippen molar-refractivity contribution in [1.29, 1.82) is 0 Å². The normalized spacial score (nSPS) is 13.9. The lowest BCUT2D eigenvalue weighted by molar-refractivity contribution is 0.0735. The number of nitrogens with zero attached hydrogens (tertiary/aromatic N) is 4. The third-order valence-corrected chi connectivity index (χ3v) is 5.10. The van der Waals surface area contributed by atoms with Crippen molar-refractivity contribution in [2.24, 2.45) is 7.05 Å². The molecule has 6 nitrogen and oxygen atoms in total. The predicted octanol–water partition coefficient (Wildman–Crippen LogP) is 3.16. The van der Waals surface area contributed by atoms with Gasteiger partial charge < -0.3 is 14.2 Å². The number of amides is 1. The predicted molar refractivity (Wildman–Crippen MR) is 103 cm³/mol. The third-order valence-electron chi connectivity index (χ3n) is 5.10. The molecule has 140 valence electrons. The molecular formula is C21H24N4O2. The molecule has 0 saturated carbocycles. The molecule has 0 atom stereocenters. The van der Waals surface area contributed by atoms with Crippen LogP contribution in [0.2, 0.25) is 0 Å². The second-order valence-corrected chi connectivity index (χ2v) is 6.97. The van der Waals surface area contributed by atoms with Crippen LogP contribution in [0, 0.1) is 6.92 Å². The summed E-state index contributed by atoms with van der Waals surface area (Å²) < 4.78 is 9.75. The first kappa shape index (κ1) is 17.4. The fourth-order valence-electron chi connectivity index (χ4n) is 3.40. The zero-order valence-corrected chi connectivity index (χ0v) is 15.8. The standard InChI is InChI=1S/C21H24N4O2/c1-16-9-10-19(23(16)2)21(26)24-11-6-12-25-18(14-24)13-20(22-25)27-15-17-7-4-3-5-8-17/h3-5,7-10,13H,6,11-12,14-15H2,1-2H3. The van der Waals surface area contributed by atoms with Crippen LogP contribution in [0.15, 0.2) is 48.5 Å². The molecule has 2 aromatic heterocycles. The molecule has 6 heteroatoms. The van der Waals surface area contributed by atoms with Gasteiger partial charge in [-0.15, -0.1) is 5.10 Å². The SMILES string of the molecule is Cc1ccc(C(=O)N2CCCn3nc(OCc4ccccc4)cc3C2)n1C. The summed E-state index contributed by atoms with van der Waals surface area (Å²) in [5.74, 6) is 0.671. The Kier molecular flexibility index (Phi) is 4.71. The Hall–Kier alpha value is -3.02. The van der Waals surface area contributed by atoms with Crippen LogP contribution in [-0.2, 0) is 26.7 Å².